The van der Waals surface area contributed by atoms with Gasteiger partial charge in [0.15, 0.2) is 0 Å². The minimum Gasteiger partial charge on any atom is -0.469 e. The van der Waals surface area contributed by atoms with Gasteiger partial charge in [0, 0.05) is 31.9 Å². The molecule has 1 rings (SSSR count). The first-order valence-corrected chi connectivity index (χ1v) is 8.70. The molecule has 6 heteroatoms. The minimum atomic E-state index is -0.463. The number of esters is 1. The molecule has 1 aromatic carbocycles. The van der Waals surface area contributed by atoms with Crippen LogP contribution in [0.4, 0.5) is 4.39 Å². The van der Waals surface area contributed by atoms with Crippen molar-refractivity contribution < 1.29 is 23.5 Å². The zero-order valence-electron chi connectivity index (χ0n) is 15.3. The molecule has 0 fully saturated rings. The van der Waals surface area contributed by atoms with Gasteiger partial charge in [-0.25, -0.2) is 4.39 Å². The van der Waals surface area contributed by atoms with E-state index in [0.717, 1.165) is 12.8 Å². The van der Waals surface area contributed by atoms with Crippen LogP contribution in [0.5, 0.6) is 0 Å². The number of carbonyl (C=O) groups is 2. The second-order valence-corrected chi connectivity index (χ2v) is 6.01. The molecule has 0 heterocycles. The van der Waals surface area contributed by atoms with Gasteiger partial charge in [-0.05, 0) is 31.0 Å². The molecule has 1 aromatic rings. The molecule has 0 bridgehead atoms. The molecular weight excluding hydrogens is 325 g/mol. The van der Waals surface area contributed by atoms with Crippen molar-refractivity contribution in [2.45, 2.75) is 33.1 Å². The van der Waals surface area contributed by atoms with E-state index in [0.29, 0.717) is 26.2 Å². The molecule has 0 saturated carbocycles. The van der Waals surface area contributed by atoms with Crippen molar-refractivity contribution in [3.8, 4) is 0 Å². The van der Waals surface area contributed by atoms with Gasteiger partial charge >= 0.3 is 5.97 Å². The minimum absolute atomic E-state index is 0.219. The van der Waals surface area contributed by atoms with Crippen LogP contribution in [0.25, 0.3) is 0 Å². The average molecular weight is 353 g/mol. The summed E-state index contributed by atoms with van der Waals surface area (Å²) in [6, 6.07) is 5.56. The highest BCUT2D eigenvalue weighted by atomic mass is 19.1. The van der Waals surface area contributed by atoms with Crippen LogP contribution in [0.15, 0.2) is 24.3 Å². The predicted octanol–water partition coefficient (Wildman–Crippen LogP) is 3.28. The Morgan fingerprint density at radius 2 is 1.96 bits per heavy atom. The summed E-state index contributed by atoms with van der Waals surface area (Å²) in [5.74, 6) is -1.60. The number of hydrogen-bond donors (Lipinski definition) is 0. The van der Waals surface area contributed by atoms with E-state index in [2.05, 4.69) is 6.92 Å². The summed E-state index contributed by atoms with van der Waals surface area (Å²) in [6.07, 6.45) is 2.73. The lowest BCUT2D eigenvalue weighted by atomic mass is 10.1. The van der Waals surface area contributed by atoms with Gasteiger partial charge in [-0.1, -0.05) is 26.3 Å². The van der Waals surface area contributed by atoms with Crippen LogP contribution in [0, 0.1) is 11.7 Å². The molecule has 1 amide bonds. The Hall–Kier alpha value is -1.95. The molecule has 0 aromatic heterocycles. The van der Waals surface area contributed by atoms with Gasteiger partial charge in [0.05, 0.1) is 13.0 Å². The van der Waals surface area contributed by atoms with Gasteiger partial charge in [-0.3, -0.25) is 9.59 Å². The number of benzene rings is 1. The lowest BCUT2D eigenvalue weighted by Crippen LogP contribution is -2.38. The van der Waals surface area contributed by atoms with Crippen LogP contribution < -0.4 is 0 Å². The van der Waals surface area contributed by atoms with Gasteiger partial charge in [0.1, 0.15) is 5.82 Å². The van der Waals surface area contributed by atoms with E-state index >= 15 is 0 Å². The van der Waals surface area contributed by atoms with Gasteiger partial charge < -0.3 is 14.4 Å². The van der Waals surface area contributed by atoms with Crippen molar-refractivity contribution in [3.63, 3.8) is 0 Å². The van der Waals surface area contributed by atoms with Gasteiger partial charge in [0.25, 0.3) is 5.91 Å². The number of unbranched alkanes of at least 4 members (excludes halogenated alkanes) is 1. The van der Waals surface area contributed by atoms with Crippen LogP contribution in [0.2, 0.25) is 0 Å². The Morgan fingerprint density at radius 3 is 2.60 bits per heavy atom. The summed E-state index contributed by atoms with van der Waals surface area (Å²) < 4.78 is 23.6. The van der Waals surface area contributed by atoms with E-state index < -0.39 is 11.7 Å². The van der Waals surface area contributed by atoms with E-state index in [9.17, 15) is 14.0 Å². The number of hydrogen-bond acceptors (Lipinski definition) is 4. The van der Waals surface area contributed by atoms with Gasteiger partial charge in [0.2, 0.25) is 0 Å². The average Bonchev–Trinajstić information content (AvgIpc) is 2.62. The molecule has 0 aliphatic heterocycles. The van der Waals surface area contributed by atoms with E-state index in [-0.39, 0.29) is 24.0 Å². The smallest absolute Gasteiger partial charge is 0.310 e. The van der Waals surface area contributed by atoms with Gasteiger partial charge in [-0.2, -0.15) is 0 Å². The second kappa shape index (κ2) is 11.6. The highest BCUT2D eigenvalue weighted by Crippen LogP contribution is 2.11. The fraction of sp³-hybridized carbons (Fsp3) is 0.579. The molecule has 0 aliphatic rings. The predicted molar refractivity (Wildman–Crippen MR) is 93.8 cm³/mol. The van der Waals surface area contributed by atoms with Crippen molar-refractivity contribution in [1.82, 2.24) is 4.90 Å². The number of amides is 1. The Kier molecular flexibility index (Phi) is 9.77. The third-order valence-electron chi connectivity index (χ3n) is 3.82. The third kappa shape index (κ3) is 7.65. The van der Waals surface area contributed by atoms with Crippen molar-refractivity contribution in [2.24, 2.45) is 5.92 Å². The monoisotopic (exact) mass is 353 g/mol. The van der Waals surface area contributed by atoms with Crippen LogP contribution in [-0.4, -0.2) is 50.2 Å². The first-order chi connectivity index (χ1) is 12.0. The zero-order valence-corrected chi connectivity index (χ0v) is 15.3. The Labute approximate surface area is 149 Å². The fourth-order valence-corrected chi connectivity index (χ4v) is 2.39. The molecule has 0 aliphatic carbocycles. The Bertz CT molecular complexity index is 550. The largest absolute Gasteiger partial charge is 0.469 e. The topological polar surface area (TPSA) is 55.8 Å². The maximum absolute atomic E-state index is 13.4. The third-order valence-corrected chi connectivity index (χ3v) is 3.82. The van der Waals surface area contributed by atoms with Crippen molar-refractivity contribution >= 4 is 11.9 Å². The maximum Gasteiger partial charge on any atom is 0.310 e. The number of methoxy groups -OCH3 is 1. The standard InChI is InChI=1S/C19H28FNO4/c1-4-5-11-25-12-7-10-21(14-15(2)19(23)24-3)18(22)16-8-6-9-17(20)13-16/h6,8-9,13,15H,4-5,7,10-12,14H2,1-3H3. The van der Waals surface area contributed by atoms with E-state index in [4.69, 9.17) is 9.47 Å². The van der Waals surface area contributed by atoms with Crippen molar-refractivity contribution in [3.05, 3.63) is 35.6 Å². The first kappa shape index (κ1) is 21.1. The number of halogens is 1. The lowest BCUT2D eigenvalue weighted by molar-refractivity contribution is -0.145. The fourth-order valence-electron chi connectivity index (χ4n) is 2.39. The van der Waals surface area contributed by atoms with Crippen molar-refractivity contribution in [1.29, 1.82) is 0 Å². The Balaban J connectivity index is 2.69. The zero-order chi connectivity index (χ0) is 18.7. The number of nitrogens with zero attached hydrogens (tertiary/aromatic N) is 1. The normalized spacial score (nSPS) is 11.8. The van der Waals surface area contributed by atoms with E-state index in [1.165, 1.54) is 25.3 Å². The van der Waals surface area contributed by atoms with Gasteiger partial charge in [-0.15, -0.1) is 0 Å². The van der Waals surface area contributed by atoms with Crippen molar-refractivity contribution in [2.75, 3.05) is 33.4 Å². The van der Waals surface area contributed by atoms with Crippen LogP contribution in [0.1, 0.15) is 43.5 Å². The SMILES string of the molecule is CCCCOCCCN(CC(C)C(=O)OC)C(=O)c1cccc(F)c1. The highest BCUT2D eigenvalue weighted by molar-refractivity contribution is 5.94. The number of carbonyl (C=O) groups excluding carboxylic acids is 2. The molecular formula is C19H28FNO4. The molecule has 0 radical (unpaired) electrons. The lowest BCUT2D eigenvalue weighted by Gasteiger charge is -2.25. The molecule has 25 heavy (non-hydrogen) atoms. The summed E-state index contributed by atoms with van der Waals surface area (Å²) in [5, 5.41) is 0. The van der Waals surface area contributed by atoms with E-state index in [1.807, 2.05) is 0 Å². The summed E-state index contributed by atoms with van der Waals surface area (Å²) >= 11 is 0. The molecule has 5 nitrogen and oxygen atoms in total. The van der Waals surface area contributed by atoms with E-state index in [1.54, 1.807) is 17.9 Å². The number of ether oxygens (including phenoxy) is 2. The molecule has 0 spiro atoms. The molecule has 1 atom stereocenters. The molecule has 0 N–H and O–H groups in total. The maximum atomic E-state index is 13.4. The highest BCUT2D eigenvalue weighted by Gasteiger charge is 2.22. The summed E-state index contributed by atoms with van der Waals surface area (Å²) in [7, 11) is 1.32. The molecule has 140 valence electrons. The summed E-state index contributed by atoms with van der Waals surface area (Å²) in [5.41, 5.74) is 0.268. The summed E-state index contributed by atoms with van der Waals surface area (Å²) in [6.45, 7) is 5.69. The van der Waals surface area contributed by atoms with Crippen LogP contribution in [-0.2, 0) is 14.3 Å². The van der Waals surface area contributed by atoms with Crippen LogP contribution >= 0.6 is 0 Å². The number of rotatable bonds is 11. The first-order valence-electron chi connectivity index (χ1n) is 8.70. The molecule has 1 unspecified atom stereocenters. The second-order valence-electron chi connectivity index (χ2n) is 6.01. The summed E-state index contributed by atoms with van der Waals surface area (Å²) in [4.78, 5) is 25.9. The Morgan fingerprint density at radius 1 is 1.24 bits per heavy atom. The van der Waals surface area contributed by atoms with Crippen LogP contribution in [0.3, 0.4) is 0 Å². The quantitative estimate of drug-likeness (QED) is 0.452. The molecule has 0 saturated heterocycles.